The Morgan fingerprint density at radius 3 is 2.62 bits per heavy atom. The smallest absolute Gasteiger partial charge is 0.0452 e. The molecule has 1 atom stereocenters. The Bertz CT molecular complexity index is 269. The van der Waals surface area contributed by atoms with E-state index < -0.39 is 0 Å². The lowest BCUT2D eigenvalue weighted by Gasteiger charge is -2.18. The summed E-state index contributed by atoms with van der Waals surface area (Å²) in [6, 6.07) is 4.13. The molecule has 2 heteroatoms. The van der Waals surface area contributed by atoms with Gasteiger partial charge in [0.2, 0.25) is 0 Å². The van der Waals surface area contributed by atoms with Crippen molar-refractivity contribution in [3.05, 3.63) is 29.6 Å². The Kier molecular flexibility index (Phi) is 3.43. The van der Waals surface area contributed by atoms with Gasteiger partial charge in [0, 0.05) is 24.4 Å². The van der Waals surface area contributed by atoms with Gasteiger partial charge in [-0.2, -0.15) is 0 Å². The minimum atomic E-state index is 0.389. The van der Waals surface area contributed by atoms with Gasteiger partial charge in [0.05, 0.1) is 0 Å². The van der Waals surface area contributed by atoms with E-state index >= 15 is 0 Å². The van der Waals surface area contributed by atoms with Crippen molar-refractivity contribution in [3.8, 4) is 0 Å². The Morgan fingerprint density at radius 2 is 2.15 bits per heavy atom. The lowest BCUT2D eigenvalue weighted by Crippen LogP contribution is -2.18. The molecule has 0 aromatic carbocycles. The maximum absolute atomic E-state index is 5.72. The average Bonchev–Trinajstić information content (AvgIpc) is 2.04. The van der Waals surface area contributed by atoms with Crippen LogP contribution in [0.1, 0.15) is 31.0 Å². The zero-order valence-corrected chi connectivity index (χ0v) is 8.62. The van der Waals surface area contributed by atoms with Gasteiger partial charge < -0.3 is 5.73 Å². The largest absolute Gasteiger partial charge is 0.330 e. The zero-order chi connectivity index (χ0) is 9.84. The molecule has 0 spiro atoms. The van der Waals surface area contributed by atoms with E-state index in [9.17, 15) is 0 Å². The molecule has 1 unspecified atom stereocenters. The van der Waals surface area contributed by atoms with Gasteiger partial charge in [0.1, 0.15) is 0 Å². The first-order valence-electron chi connectivity index (χ1n) is 4.77. The monoisotopic (exact) mass is 178 g/mol. The highest BCUT2D eigenvalue weighted by Gasteiger charge is 2.14. The highest BCUT2D eigenvalue weighted by Crippen LogP contribution is 2.21. The predicted octanol–water partition coefficient (Wildman–Crippen LogP) is 2.09. The van der Waals surface area contributed by atoms with Crippen LogP contribution in [0.3, 0.4) is 0 Å². The second-order valence-electron chi connectivity index (χ2n) is 3.84. The topological polar surface area (TPSA) is 38.9 Å². The SMILES string of the molecule is Cc1ccnc(C(CN)C(C)C)c1. The van der Waals surface area contributed by atoms with Crippen LogP contribution < -0.4 is 5.73 Å². The Morgan fingerprint density at radius 1 is 1.46 bits per heavy atom. The molecule has 0 fully saturated rings. The maximum Gasteiger partial charge on any atom is 0.0452 e. The predicted molar refractivity (Wildman–Crippen MR) is 55.6 cm³/mol. The number of aromatic nitrogens is 1. The van der Waals surface area contributed by atoms with Crippen LogP contribution in [0.4, 0.5) is 0 Å². The first kappa shape index (κ1) is 10.2. The quantitative estimate of drug-likeness (QED) is 0.769. The summed E-state index contributed by atoms with van der Waals surface area (Å²) >= 11 is 0. The van der Waals surface area contributed by atoms with Gasteiger partial charge in [-0.3, -0.25) is 4.98 Å². The molecule has 0 aliphatic carbocycles. The molecule has 72 valence electrons. The minimum Gasteiger partial charge on any atom is -0.330 e. The Labute approximate surface area is 80.2 Å². The summed E-state index contributed by atoms with van der Waals surface area (Å²) in [4.78, 5) is 4.35. The lowest BCUT2D eigenvalue weighted by atomic mass is 9.92. The van der Waals surface area contributed by atoms with Crippen LogP contribution in [0.2, 0.25) is 0 Å². The Hall–Kier alpha value is -0.890. The first-order valence-corrected chi connectivity index (χ1v) is 4.77. The summed E-state index contributed by atoms with van der Waals surface area (Å²) in [6.45, 7) is 7.12. The number of hydrogen-bond donors (Lipinski definition) is 1. The van der Waals surface area contributed by atoms with Crippen LogP contribution in [0, 0.1) is 12.8 Å². The molecule has 2 nitrogen and oxygen atoms in total. The standard InChI is InChI=1S/C11H18N2/c1-8(2)10(7-12)11-6-9(3)4-5-13-11/h4-6,8,10H,7,12H2,1-3H3. The van der Waals surface area contributed by atoms with E-state index in [2.05, 4.69) is 31.8 Å². The van der Waals surface area contributed by atoms with E-state index in [-0.39, 0.29) is 0 Å². The molecule has 0 saturated heterocycles. The molecule has 13 heavy (non-hydrogen) atoms. The van der Waals surface area contributed by atoms with E-state index in [1.807, 2.05) is 12.3 Å². The van der Waals surface area contributed by atoms with E-state index in [1.54, 1.807) is 0 Å². The molecule has 0 bridgehead atoms. The molecule has 0 amide bonds. The highest BCUT2D eigenvalue weighted by molar-refractivity contribution is 5.18. The summed E-state index contributed by atoms with van der Waals surface area (Å²) in [5, 5.41) is 0. The molecule has 0 radical (unpaired) electrons. The fourth-order valence-corrected chi connectivity index (χ4v) is 1.50. The van der Waals surface area contributed by atoms with Gasteiger partial charge in [-0.15, -0.1) is 0 Å². The van der Waals surface area contributed by atoms with Gasteiger partial charge in [0.15, 0.2) is 0 Å². The normalized spacial score (nSPS) is 13.3. The van der Waals surface area contributed by atoms with Crippen LogP contribution in [0.5, 0.6) is 0 Å². The molecule has 1 rings (SSSR count). The van der Waals surface area contributed by atoms with Crippen LogP contribution in [-0.4, -0.2) is 11.5 Å². The second kappa shape index (κ2) is 4.38. The Balaban J connectivity index is 2.91. The van der Waals surface area contributed by atoms with Crippen molar-refractivity contribution < 1.29 is 0 Å². The van der Waals surface area contributed by atoms with Crippen molar-refractivity contribution in [1.29, 1.82) is 0 Å². The number of hydrogen-bond acceptors (Lipinski definition) is 2. The molecule has 0 aliphatic heterocycles. The van der Waals surface area contributed by atoms with Crippen molar-refractivity contribution in [2.75, 3.05) is 6.54 Å². The summed E-state index contributed by atoms with van der Waals surface area (Å²) in [5.41, 5.74) is 8.09. The van der Waals surface area contributed by atoms with Crippen LogP contribution >= 0.6 is 0 Å². The van der Waals surface area contributed by atoms with Gasteiger partial charge in [0.25, 0.3) is 0 Å². The van der Waals surface area contributed by atoms with E-state index in [0.717, 1.165) is 5.69 Å². The summed E-state index contributed by atoms with van der Waals surface area (Å²) in [5.74, 6) is 0.944. The van der Waals surface area contributed by atoms with Gasteiger partial charge >= 0.3 is 0 Å². The highest BCUT2D eigenvalue weighted by atomic mass is 14.7. The minimum absolute atomic E-state index is 0.389. The number of nitrogens with zero attached hydrogens (tertiary/aromatic N) is 1. The van der Waals surface area contributed by atoms with Crippen molar-refractivity contribution >= 4 is 0 Å². The molecule has 2 N–H and O–H groups in total. The lowest BCUT2D eigenvalue weighted by molar-refractivity contribution is 0.495. The number of pyridine rings is 1. The molecule has 1 heterocycles. The third-order valence-corrected chi connectivity index (χ3v) is 2.38. The van der Waals surface area contributed by atoms with Crippen molar-refractivity contribution in [1.82, 2.24) is 4.98 Å². The second-order valence-corrected chi connectivity index (χ2v) is 3.84. The van der Waals surface area contributed by atoms with E-state index in [0.29, 0.717) is 18.4 Å². The summed E-state index contributed by atoms with van der Waals surface area (Å²) in [7, 11) is 0. The van der Waals surface area contributed by atoms with E-state index in [1.165, 1.54) is 5.56 Å². The fourth-order valence-electron chi connectivity index (χ4n) is 1.50. The van der Waals surface area contributed by atoms with Crippen LogP contribution in [0.25, 0.3) is 0 Å². The van der Waals surface area contributed by atoms with E-state index in [4.69, 9.17) is 5.73 Å². The molecular weight excluding hydrogens is 160 g/mol. The third-order valence-electron chi connectivity index (χ3n) is 2.38. The van der Waals surface area contributed by atoms with Crippen molar-refractivity contribution in [2.45, 2.75) is 26.7 Å². The molecule has 0 aliphatic rings. The molecule has 0 saturated carbocycles. The fraction of sp³-hybridized carbons (Fsp3) is 0.545. The van der Waals surface area contributed by atoms with Crippen molar-refractivity contribution in [2.24, 2.45) is 11.7 Å². The van der Waals surface area contributed by atoms with Crippen molar-refractivity contribution in [3.63, 3.8) is 0 Å². The molecule has 1 aromatic rings. The summed E-state index contributed by atoms with van der Waals surface area (Å²) in [6.07, 6.45) is 1.86. The molecular formula is C11H18N2. The van der Waals surface area contributed by atoms with Gasteiger partial charge in [-0.05, 0) is 30.5 Å². The number of aryl methyl sites for hydroxylation is 1. The number of rotatable bonds is 3. The molecule has 1 aromatic heterocycles. The zero-order valence-electron chi connectivity index (χ0n) is 8.62. The number of nitrogens with two attached hydrogens (primary N) is 1. The van der Waals surface area contributed by atoms with Gasteiger partial charge in [-0.1, -0.05) is 13.8 Å². The first-order chi connectivity index (χ1) is 6.15. The van der Waals surface area contributed by atoms with Crippen LogP contribution in [-0.2, 0) is 0 Å². The third kappa shape index (κ3) is 2.52. The average molecular weight is 178 g/mol. The maximum atomic E-state index is 5.72. The van der Waals surface area contributed by atoms with Gasteiger partial charge in [-0.25, -0.2) is 0 Å². The summed E-state index contributed by atoms with van der Waals surface area (Å²) < 4.78 is 0. The van der Waals surface area contributed by atoms with Crippen LogP contribution in [0.15, 0.2) is 18.3 Å².